The van der Waals surface area contributed by atoms with Gasteiger partial charge < -0.3 is 4.74 Å². The van der Waals surface area contributed by atoms with E-state index in [0.717, 1.165) is 0 Å². The number of hydrogen-bond acceptors (Lipinski definition) is 3. The summed E-state index contributed by atoms with van der Waals surface area (Å²) < 4.78 is 30.7. The number of carbonyl (C=O) groups excluding carboxylic acids is 1. The Morgan fingerprint density at radius 3 is 2.67 bits per heavy atom. The SMILES string of the molecule is CCOC(=O)c1c(CCl)ccc(C#N)c1C(F)F. The van der Waals surface area contributed by atoms with Crippen LogP contribution in [0.1, 0.15) is 40.4 Å². The molecule has 0 bridgehead atoms. The van der Waals surface area contributed by atoms with Crippen LogP contribution in [0.25, 0.3) is 0 Å². The van der Waals surface area contributed by atoms with Crippen LogP contribution in [0.2, 0.25) is 0 Å². The lowest BCUT2D eigenvalue weighted by Gasteiger charge is -2.13. The fraction of sp³-hybridized carbons (Fsp3) is 0.333. The fourth-order valence-corrected chi connectivity index (χ4v) is 1.77. The Labute approximate surface area is 108 Å². The molecule has 0 amide bonds. The number of halogens is 3. The molecule has 3 nitrogen and oxygen atoms in total. The second-order valence-corrected chi connectivity index (χ2v) is 3.59. The number of hydrogen-bond donors (Lipinski definition) is 0. The van der Waals surface area contributed by atoms with E-state index in [4.69, 9.17) is 21.6 Å². The van der Waals surface area contributed by atoms with Gasteiger partial charge >= 0.3 is 5.97 Å². The van der Waals surface area contributed by atoms with Gasteiger partial charge in [0.05, 0.1) is 29.4 Å². The molecule has 0 unspecified atom stereocenters. The van der Waals surface area contributed by atoms with Crippen molar-refractivity contribution in [1.29, 1.82) is 5.26 Å². The van der Waals surface area contributed by atoms with Gasteiger partial charge in [-0.25, -0.2) is 13.6 Å². The Morgan fingerprint density at radius 1 is 1.56 bits per heavy atom. The van der Waals surface area contributed by atoms with Crippen LogP contribution >= 0.6 is 11.6 Å². The molecule has 0 aromatic heterocycles. The number of alkyl halides is 3. The van der Waals surface area contributed by atoms with E-state index in [1.807, 2.05) is 0 Å². The van der Waals surface area contributed by atoms with Gasteiger partial charge in [0.25, 0.3) is 6.43 Å². The van der Waals surface area contributed by atoms with Crippen molar-refractivity contribution in [3.05, 3.63) is 34.4 Å². The zero-order valence-electron chi connectivity index (χ0n) is 9.54. The van der Waals surface area contributed by atoms with Crippen molar-refractivity contribution in [3.63, 3.8) is 0 Å². The monoisotopic (exact) mass is 273 g/mol. The van der Waals surface area contributed by atoms with E-state index < -0.39 is 18.0 Å². The van der Waals surface area contributed by atoms with Gasteiger partial charge in [-0.1, -0.05) is 6.07 Å². The molecule has 0 saturated heterocycles. The van der Waals surface area contributed by atoms with Crippen LogP contribution in [0.3, 0.4) is 0 Å². The van der Waals surface area contributed by atoms with Crippen LogP contribution in [0, 0.1) is 11.3 Å². The summed E-state index contributed by atoms with van der Waals surface area (Å²) >= 11 is 5.61. The first-order valence-electron chi connectivity index (χ1n) is 5.13. The zero-order chi connectivity index (χ0) is 13.7. The predicted molar refractivity (Wildman–Crippen MR) is 61.6 cm³/mol. The average molecular weight is 274 g/mol. The highest BCUT2D eigenvalue weighted by molar-refractivity contribution is 6.17. The maximum Gasteiger partial charge on any atom is 0.338 e. The maximum atomic E-state index is 13.0. The Balaban J connectivity index is 3.51. The number of ether oxygens (including phenoxy) is 1. The Hall–Kier alpha value is -1.67. The molecule has 0 radical (unpaired) electrons. The van der Waals surface area contributed by atoms with Crippen molar-refractivity contribution in [3.8, 4) is 6.07 Å². The highest BCUT2D eigenvalue weighted by Crippen LogP contribution is 2.30. The summed E-state index contributed by atoms with van der Waals surface area (Å²) in [6.45, 7) is 1.62. The van der Waals surface area contributed by atoms with Gasteiger partial charge in [0.2, 0.25) is 0 Å². The molecule has 96 valence electrons. The van der Waals surface area contributed by atoms with Crippen LogP contribution in [0.4, 0.5) is 8.78 Å². The molecule has 1 aromatic rings. The molecule has 6 heteroatoms. The van der Waals surface area contributed by atoms with Crippen molar-refractivity contribution in [2.45, 2.75) is 19.2 Å². The molecule has 1 aromatic carbocycles. The van der Waals surface area contributed by atoms with E-state index in [1.165, 1.54) is 12.1 Å². The minimum atomic E-state index is -2.94. The van der Waals surface area contributed by atoms with Crippen LogP contribution in [-0.4, -0.2) is 12.6 Å². The number of esters is 1. The van der Waals surface area contributed by atoms with Gasteiger partial charge in [0, 0.05) is 5.88 Å². The molecule has 18 heavy (non-hydrogen) atoms. The zero-order valence-corrected chi connectivity index (χ0v) is 10.3. The molecule has 0 N–H and O–H groups in total. The summed E-state index contributed by atoms with van der Waals surface area (Å²) in [5.74, 6) is -1.000. The van der Waals surface area contributed by atoms with Crippen LogP contribution in [0.5, 0.6) is 0 Å². The number of nitrogens with zero attached hydrogens (tertiary/aromatic N) is 1. The Morgan fingerprint density at radius 2 is 2.22 bits per heavy atom. The third kappa shape index (κ3) is 2.77. The predicted octanol–water partition coefficient (Wildman–Crippen LogP) is 3.41. The highest BCUT2D eigenvalue weighted by atomic mass is 35.5. The summed E-state index contributed by atoms with van der Waals surface area (Å²) in [6.07, 6.45) is -2.94. The summed E-state index contributed by atoms with van der Waals surface area (Å²) in [5, 5.41) is 8.80. The lowest BCUT2D eigenvalue weighted by molar-refractivity contribution is 0.0514. The molecule has 0 atom stereocenters. The lowest BCUT2D eigenvalue weighted by atomic mass is 9.97. The van der Waals surface area contributed by atoms with Crippen molar-refractivity contribution >= 4 is 17.6 Å². The van der Waals surface area contributed by atoms with Crippen molar-refractivity contribution < 1.29 is 18.3 Å². The lowest BCUT2D eigenvalue weighted by Crippen LogP contribution is -2.13. The molecular formula is C12H10ClF2NO2. The van der Waals surface area contributed by atoms with E-state index >= 15 is 0 Å². The highest BCUT2D eigenvalue weighted by Gasteiger charge is 2.26. The first-order chi connectivity index (χ1) is 8.56. The normalized spacial score (nSPS) is 10.2. The van der Waals surface area contributed by atoms with E-state index in [1.54, 1.807) is 13.0 Å². The summed E-state index contributed by atoms with van der Waals surface area (Å²) in [6, 6.07) is 4.24. The second-order valence-electron chi connectivity index (χ2n) is 3.33. The average Bonchev–Trinajstić information content (AvgIpc) is 2.36. The Bertz CT molecular complexity index is 498. The van der Waals surface area contributed by atoms with E-state index in [0.29, 0.717) is 0 Å². The molecule has 0 saturated carbocycles. The number of nitriles is 1. The topological polar surface area (TPSA) is 50.1 Å². The second kappa shape index (κ2) is 6.31. The minimum Gasteiger partial charge on any atom is -0.462 e. The Kier molecular flexibility index (Phi) is 5.05. The van der Waals surface area contributed by atoms with E-state index in [9.17, 15) is 13.6 Å². The number of benzene rings is 1. The first kappa shape index (κ1) is 14.4. The third-order valence-electron chi connectivity index (χ3n) is 2.29. The van der Waals surface area contributed by atoms with Crippen LogP contribution in [-0.2, 0) is 10.6 Å². The van der Waals surface area contributed by atoms with Gasteiger partial charge in [-0.3, -0.25) is 0 Å². The number of rotatable bonds is 4. The smallest absolute Gasteiger partial charge is 0.338 e. The van der Waals surface area contributed by atoms with Crippen molar-refractivity contribution in [2.24, 2.45) is 0 Å². The third-order valence-corrected chi connectivity index (χ3v) is 2.58. The largest absolute Gasteiger partial charge is 0.462 e. The number of carbonyl (C=O) groups is 1. The van der Waals surface area contributed by atoms with Crippen molar-refractivity contribution in [2.75, 3.05) is 6.61 Å². The molecule has 0 spiro atoms. The minimum absolute atomic E-state index is 0.0556. The molecule has 0 aliphatic rings. The van der Waals surface area contributed by atoms with Gasteiger partial charge in [-0.05, 0) is 18.6 Å². The van der Waals surface area contributed by atoms with Crippen LogP contribution < -0.4 is 0 Å². The summed E-state index contributed by atoms with van der Waals surface area (Å²) in [7, 11) is 0. The quantitative estimate of drug-likeness (QED) is 0.624. The molecule has 0 heterocycles. The van der Waals surface area contributed by atoms with Gasteiger partial charge in [0.1, 0.15) is 0 Å². The van der Waals surface area contributed by atoms with Gasteiger partial charge in [-0.15, -0.1) is 11.6 Å². The summed E-state index contributed by atoms with van der Waals surface area (Å²) in [5.41, 5.74) is -0.943. The van der Waals surface area contributed by atoms with Gasteiger partial charge in [0.15, 0.2) is 0 Å². The fourth-order valence-electron chi connectivity index (χ4n) is 1.54. The summed E-state index contributed by atoms with van der Waals surface area (Å²) in [4.78, 5) is 11.7. The molecular weight excluding hydrogens is 264 g/mol. The molecule has 1 rings (SSSR count). The van der Waals surface area contributed by atoms with Crippen molar-refractivity contribution in [1.82, 2.24) is 0 Å². The molecule has 0 aliphatic heterocycles. The van der Waals surface area contributed by atoms with E-state index in [2.05, 4.69) is 0 Å². The standard InChI is InChI=1S/C12H10ClF2NO2/c1-2-18-12(17)10-7(5-13)3-4-8(6-16)9(10)11(14)15/h3-4,11H,2,5H2,1H3. The first-order valence-corrected chi connectivity index (χ1v) is 5.67. The maximum absolute atomic E-state index is 13.0. The van der Waals surface area contributed by atoms with Gasteiger partial charge in [-0.2, -0.15) is 5.26 Å². The van der Waals surface area contributed by atoms with E-state index in [-0.39, 0.29) is 29.2 Å². The van der Waals surface area contributed by atoms with Crippen LogP contribution in [0.15, 0.2) is 12.1 Å². The molecule has 0 aliphatic carbocycles. The molecule has 0 fully saturated rings.